The van der Waals surface area contributed by atoms with E-state index >= 15 is 0 Å². The molecule has 4 heteroatoms. The molecule has 0 aliphatic heterocycles. The fourth-order valence-corrected chi connectivity index (χ4v) is 2.61. The minimum absolute atomic E-state index is 0.265. The van der Waals surface area contributed by atoms with E-state index in [4.69, 9.17) is 10.5 Å². The van der Waals surface area contributed by atoms with Gasteiger partial charge in [0.15, 0.2) is 0 Å². The zero-order valence-corrected chi connectivity index (χ0v) is 15.7. The molecule has 0 aromatic rings. The molecule has 126 valence electrons. The molecule has 0 rings (SSSR count). The Morgan fingerprint density at radius 3 is 1.76 bits per heavy atom. The van der Waals surface area contributed by atoms with Crippen molar-refractivity contribution in [3.8, 4) is 0 Å². The first-order valence-electron chi connectivity index (χ1n) is 8.75. The maximum absolute atomic E-state index is 11.3. The molecule has 3 nitrogen and oxygen atoms in total. The van der Waals surface area contributed by atoms with Crippen LogP contribution in [0.25, 0.3) is 0 Å². The van der Waals surface area contributed by atoms with E-state index in [1.165, 1.54) is 64.2 Å². The molecule has 0 fully saturated rings. The molecular weight excluding hydrogens is 329 g/mol. The van der Waals surface area contributed by atoms with Crippen molar-refractivity contribution in [2.45, 2.75) is 95.3 Å². The fraction of sp³-hybridized carbons (Fsp3) is 0.941. The number of ether oxygens (including phenoxy) is 1. The predicted molar refractivity (Wildman–Crippen MR) is 92.0 cm³/mol. The van der Waals surface area contributed by atoms with Crippen LogP contribution in [0.15, 0.2) is 0 Å². The van der Waals surface area contributed by atoms with Crippen LogP contribution >= 0.6 is 0 Å². The van der Waals surface area contributed by atoms with E-state index in [2.05, 4.69) is 22.9 Å². The molecule has 0 saturated carbocycles. The third-order valence-corrected chi connectivity index (χ3v) is 4.57. The average molecular weight is 364 g/mol. The number of rotatable bonds is 15. The molecule has 21 heavy (non-hydrogen) atoms. The van der Waals surface area contributed by atoms with Gasteiger partial charge in [-0.05, 0) is 0 Å². The van der Waals surface area contributed by atoms with Crippen LogP contribution in [0.2, 0.25) is 5.32 Å². The van der Waals surface area contributed by atoms with Gasteiger partial charge in [-0.15, -0.1) is 0 Å². The van der Waals surface area contributed by atoms with Crippen LogP contribution in [0.1, 0.15) is 84.0 Å². The quantitative estimate of drug-likeness (QED) is 0.273. The summed E-state index contributed by atoms with van der Waals surface area (Å²) in [5.41, 5.74) is 5.57. The van der Waals surface area contributed by atoms with E-state index in [0.717, 1.165) is 12.8 Å². The van der Waals surface area contributed by atoms with Crippen molar-refractivity contribution in [2.24, 2.45) is 5.73 Å². The summed E-state index contributed by atoms with van der Waals surface area (Å²) in [6.07, 6.45) is 15.8. The monoisotopic (exact) mass is 365 g/mol. The second-order valence-electron chi connectivity index (χ2n) is 5.85. The Balaban J connectivity index is 3.11. The molecule has 0 aliphatic carbocycles. The van der Waals surface area contributed by atoms with Crippen LogP contribution < -0.4 is 5.73 Å². The topological polar surface area (TPSA) is 52.3 Å². The number of hydrogen-bond donors (Lipinski definition) is 1. The van der Waals surface area contributed by atoms with Gasteiger partial charge >= 0.3 is 100 Å². The molecule has 0 unspecified atom stereocenters. The summed E-state index contributed by atoms with van der Waals surface area (Å²) in [7, 11) is 0. The van der Waals surface area contributed by atoms with E-state index in [9.17, 15) is 4.79 Å². The predicted octanol–water partition coefficient (Wildman–Crippen LogP) is 3.88. The first-order valence-corrected chi connectivity index (χ1v) is 10.1. The normalized spacial score (nSPS) is 12.3. The Morgan fingerprint density at radius 1 is 0.905 bits per heavy atom. The number of hydrogen-bond acceptors (Lipinski definition) is 3. The molecule has 0 bridgehead atoms. The van der Waals surface area contributed by atoms with Crippen LogP contribution in [-0.2, 0) is 9.53 Å². The van der Waals surface area contributed by atoms with Crippen molar-refractivity contribution in [2.75, 3.05) is 6.61 Å². The molecule has 0 spiro atoms. The first kappa shape index (κ1) is 20.9. The van der Waals surface area contributed by atoms with Gasteiger partial charge in [0.25, 0.3) is 0 Å². The average Bonchev–Trinajstić information content (AvgIpc) is 2.50. The van der Waals surface area contributed by atoms with Crippen LogP contribution in [0.4, 0.5) is 0 Å². The number of esters is 1. The van der Waals surface area contributed by atoms with Gasteiger partial charge in [0.1, 0.15) is 0 Å². The number of nitrogens with two attached hydrogens (primary N) is 1. The van der Waals surface area contributed by atoms with Gasteiger partial charge in [-0.1, -0.05) is 39.0 Å². The molecule has 0 aromatic heterocycles. The summed E-state index contributed by atoms with van der Waals surface area (Å²) >= 11 is 2.32. The van der Waals surface area contributed by atoms with E-state index in [-0.39, 0.29) is 5.97 Å². The van der Waals surface area contributed by atoms with Crippen molar-refractivity contribution >= 4 is 22.0 Å². The van der Waals surface area contributed by atoms with Gasteiger partial charge in [0, 0.05) is 0 Å². The molecule has 2 N–H and O–H groups in total. The summed E-state index contributed by atoms with van der Waals surface area (Å²) in [5, 5.41) is 0.588. The summed E-state index contributed by atoms with van der Waals surface area (Å²) in [5.74, 6) is -0.265. The Bertz CT molecular complexity index is 237. The second-order valence-corrected chi connectivity index (χ2v) is 6.61. The standard InChI is InChI=1S/C17H35NO2Se/c1-2-3-4-5-6-7-8-9-10-11-12-13-14-20-17(19)16(18)15-21/h16,21H,2-15,18H2,1H3/t16-/m0/s1. The van der Waals surface area contributed by atoms with E-state index in [1.807, 2.05) is 0 Å². The van der Waals surface area contributed by atoms with Crippen LogP contribution in [0, 0.1) is 0 Å². The zero-order valence-electron chi connectivity index (χ0n) is 13.8. The molecule has 0 saturated heterocycles. The molecule has 0 heterocycles. The molecule has 0 radical (unpaired) electrons. The third kappa shape index (κ3) is 14.6. The SMILES string of the molecule is CCCCCCCCCCCCCCOC(=O)[C@@H](N)C[SeH]. The van der Waals surface area contributed by atoms with Gasteiger partial charge in [0.05, 0.1) is 0 Å². The summed E-state index contributed by atoms with van der Waals surface area (Å²) in [6, 6.07) is -0.470. The minimum atomic E-state index is -0.470. The van der Waals surface area contributed by atoms with Gasteiger partial charge in [-0.2, -0.15) is 0 Å². The van der Waals surface area contributed by atoms with Gasteiger partial charge < -0.3 is 0 Å². The van der Waals surface area contributed by atoms with Crippen molar-refractivity contribution in [3.63, 3.8) is 0 Å². The Hall–Kier alpha value is -0.0505. The molecule has 1 atom stereocenters. The molecular formula is C17H35NO2Se. The van der Waals surface area contributed by atoms with Gasteiger partial charge in [0.2, 0.25) is 0 Å². The van der Waals surface area contributed by atoms with E-state index in [1.54, 1.807) is 0 Å². The van der Waals surface area contributed by atoms with Crippen LogP contribution in [-0.4, -0.2) is 34.6 Å². The van der Waals surface area contributed by atoms with Gasteiger partial charge in [-0.3, -0.25) is 0 Å². The first-order chi connectivity index (χ1) is 10.2. The molecule has 0 aromatic carbocycles. The van der Waals surface area contributed by atoms with Crippen LogP contribution in [0.5, 0.6) is 0 Å². The number of carbonyl (C=O) groups is 1. The third-order valence-electron chi connectivity index (χ3n) is 3.74. The number of carbonyl (C=O) groups excluding carboxylic acids is 1. The maximum atomic E-state index is 11.3. The van der Waals surface area contributed by atoms with E-state index in [0.29, 0.717) is 11.9 Å². The fourth-order valence-electron chi connectivity index (χ4n) is 2.30. The van der Waals surface area contributed by atoms with Crippen LogP contribution in [0.3, 0.4) is 0 Å². The van der Waals surface area contributed by atoms with Crippen molar-refractivity contribution in [1.82, 2.24) is 0 Å². The molecule has 0 aliphatic rings. The Labute approximate surface area is 139 Å². The number of unbranched alkanes of at least 4 members (excludes halogenated alkanes) is 11. The van der Waals surface area contributed by atoms with Crippen molar-refractivity contribution < 1.29 is 9.53 Å². The summed E-state index contributed by atoms with van der Waals surface area (Å²) in [6.45, 7) is 2.79. The van der Waals surface area contributed by atoms with Crippen molar-refractivity contribution in [1.29, 1.82) is 0 Å². The second kappa shape index (κ2) is 16.3. The zero-order chi connectivity index (χ0) is 15.8. The Kier molecular flexibility index (Phi) is 16.3. The van der Waals surface area contributed by atoms with Gasteiger partial charge in [-0.25, -0.2) is 0 Å². The molecule has 0 amide bonds. The van der Waals surface area contributed by atoms with E-state index < -0.39 is 6.04 Å². The summed E-state index contributed by atoms with van der Waals surface area (Å²) in [4.78, 5) is 11.3. The summed E-state index contributed by atoms with van der Waals surface area (Å²) < 4.78 is 5.11. The van der Waals surface area contributed by atoms with Crippen molar-refractivity contribution in [3.05, 3.63) is 0 Å². The Morgan fingerprint density at radius 2 is 1.33 bits per heavy atom.